The van der Waals surface area contributed by atoms with Crippen molar-refractivity contribution in [3.8, 4) is 12.1 Å². The van der Waals surface area contributed by atoms with E-state index in [4.69, 9.17) is 10.5 Å². The molecular weight excluding hydrogens is 148 g/mol. The molecule has 0 aromatic carbocycles. The van der Waals surface area contributed by atoms with Crippen molar-refractivity contribution in [2.45, 2.75) is 13.8 Å². The maximum absolute atomic E-state index is 9.56. The Kier molecular flexibility index (Phi) is 38.6. The van der Waals surface area contributed by atoms with Crippen LogP contribution in [-0.4, -0.2) is 17.1 Å². The Morgan fingerprint density at radius 3 is 1.10 bits per heavy atom. The van der Waals surface area contributed by atoms with Crippen molar-refractivity contribution in [1.29, 1.82) is 10.5 Å². The van der Waals surface area contributed by atoms with Crippen molar-refractivity contribution in [1.82, 2.24) is 0 Å². The minimum Gasteiger partial charge on any atom is -0.617 e. The molecular formula is C6H12N2OS. The lowest BCUT2D eigenvalue weighted by atomic mass is 11.0. The average molecular weight is 160 g/mol. The summed E-state index contributed by atoms with van der Waals surface area (Å²) >= 11 is -0.611. The Morgan fingerprint density at radius 2 is 1.10 bits per heavy atom. The fourth-order valence-corrected chi connectivity index (χ4v) is 0. The van der Waals surface area contributed by atoms with Crippen molar-refractivity contribution in [3.63, 3.8) is 0 Å². The molecule has 58 valence electrons. The van der Waals surface area contributed by atoms with Gasteiger partial charge in [0.1, 0.15) is 0 Å². The summed E-state index contributed by atoms with van der Waals surface area (Å²) in [6.45, 7) is 2.86. The van der Waals surface area contributed by atoms with Crippen molar-refractivity contribution in [3.05, 3.63) is 0 Å². The van der Waals surface area contributed by atoms with Crippen LogP contribution in [0.5, 0.6) is 0 Å². The highest BCUT2D eigenvalue weighted by Gasteiger charge is 1.66. The molecule has 0 spiro atoms. The van der Waals surface area contributed by atoms with Crippen molar-refractivity contribution in [2.24, 2.45) is 0 Å². The fourth-order valence-electron chi connectivity index (χ4n) is 0. The molecule has 0 heterocycles. The summed E-state index contributed by atoms with van der Waals surface area (Å²) < 4.78 is 9.56. The first-order chi connectivity index (χ1) is 4.56. The summed E-state index contributed by atoms with van der Waals surface area (Å²) in [5.74, 6) is 0. The van der Waals surface area contributed by atoms with Crippen LogP contribution in [-0.2, 0) is 11.2 Å². The minimum absolute atomic E-state index is 0.611. The van der Waals surface area contributed by atoms with Gasteiger partial charge in [0.2, 0.25) is 0 Å². The van der Waals surface area contributed by atoms with E-state index in [1.54, 1.807) is 24.6 Å². The predicted octanol–water partition coefficient (Wildman–Crippen LogP) is 1.05. The van der Waals surface area contributed by atoms with Gasteiger partial charge in [-0.15, -0.1) is 0 Å². The van der Waals surface area contributed by atoms with Gasteiger partial charge in [0.25, 0.3) is 0 Å². The largest absolute Gasteiger partial charge is 0.617 e. The van der Waals surface area contributed by atoms with E-state index >= 15 is 0 Å². The maximum atomic E-state index is 9.56. The highest BCUT2D eigenvalue weighted by atomic mass is 32.2. The normalized spacial score (nSPS) is 5.20. The number of rotatable bonds is 0. The van der Waals surface area contributed by atoms with Gasteiger partial charge in [-0.3, -0.25) is 0 Å². The summed E-state index contributed by atoms with van der Waals surface area (Å²) in [6.07, 6.45) is 3.28. The third kappa shape index (κ3) is 572. The van der Waals surface area contributed by atoms with Crippen molar-refractivity contribution >= 4 is 11.2 Å². The van der Waals surface area contributed by atoms with E-state index in [9.17, 15) is 4.55 Å². The van der Waals surface area contributed by atoms with Crippen LogP contribution < -0.4 is 0 Å². The van der Waals surface area contributed by atoms with E-state index in [0.717, 1.165) is 0 Å². The first-order valence-electron chi connectivity index (χ1n) is 2.43. The summed E-state index contributed by atoms with van der Waals surface area (Å²) in [5, 5.41) is 14.6. The summed E-state index contributed by atoms with van der Waals surface area (Å²) in [6, 6.07) is 3.50. The number of nitrogens with zero attached hydrogens (tertiary/aromatic N) is 2. The molecule has 3 nitrogen and oxygen atoms in total. The van der Waals surface area contributed by atoms with Crippen molar-refractivity contribution in [2.75, 3.05) is 12.5 Å². The zero-order chi connectivity index (χ0) is 8.99. The Labute approximate surface area is 65.5 Å². The van der Waals surface area contributed by atoms with E-state index < -0.39 is 11.2 Å². The third-order valence-corrected chi connectivity index (χ3v) is 0. The smallest absolute Gasteiger partial charge is 0.0946 e. The molecule has 0 aromatic heterocycles. The Balaban J connectivity index is -0.0000000750. The molecule has 10 heavy (non-hydrogen) atoms. The molecule has 0 atom stereocenters. The van der Waals surface area contributed by atoms with Crippen molar-refractivity contribution < 1.29 is 4.55 Å². The molecule has 0 saturated heterocycles. The second kappa shape index (κ2) is 23.9. The molecule has 0 aliphatic heterocycles. The lowest BCUT2D eigenvalue weighted by Gasteiger charge is -1.87. The summed E-state index contributed by atoms with van der Waals surface area (Å²) in [5.41, 5.74) is 0. The maximum Gasteiger partial charge on any atom is 0.0946 e. The van der Waals surface area contributed by atoms with Gasteiger partial charge in [0, 0.05) is 13.8 Å². The van der Waals surface area contributed by atoms with Crippen LogP contribution in [0.2, 0.25) is 0 Å². The van der Waals surface area contributed by atoms with Gasteiger partial charge in [-0.05, 0) is 0 Å². The zero-order valence-electron chi connectivity index (χ0n) is 6.71. The monoisotopic (exact) mass is 160 g/mol. The van der Waals surface area contributed by atoms with E-state index in [1.165, 1.54) is 13.8 Å². The van der Waals surface area contributed by atoms with Crippen LogP contribution in [0.3, 0.4) is 0 Å². The van der Waals surface area contributed by atoms with Crippen LogP contribution in [0.4, 0.5) is 0 Å². The summed E-state index contributed by atoms with van der Waals surface area (Å²) in [7, 11) is 0. The molecule has 0 radical (unpaired) electrons. The van der Waals surface area contributed by atoms with E-state index in [2.05, 4.69) is 0 Å². The quantitative estimate of drug-likeness (QED) is 0.497. The lowest BCUT2D eigenvalue weighted by Crippen LogP contribution is -1.86. The Hall–Kier alpha value is -0.710. The molecule has 0 aliphatic carbocycles. The molecule has 0 saturated carbocycles. The molecule has 0 aliphatic rings. The van der Waals surface area contributed by atoms with Gasteiger partial charge in [-0.25, -0.2) is 0 Å². The first kappa shape index (κ1) is 16.1. The standard InChI is InChI=1S/2C2H3N.C2H6OS/c2*1-2-3;1-4(2)3/h2*1H3;1-2H3. The van der Waals surface area contributed by atoms with Crippen LogP contribution in [0.25, 0.3) is 0 Å². The topological polar surface area (TPSA) is 70.6 Å². The van der Waals surface area contributed by atoms with E-state index in [0.29, 0.717) is 0 Å². The van der Waals surface area contributed by atoms with E-state index in [1.807, 2.05) is 0 Å². The molecule has 0 fully saturated rings. The average Bonchev–Trinajstić information content (AvgIpc) is 1.65. The Morgan fingerprint density at radius 1 is 1.10 bits per heavy atom. The van der Waals surface area contributed by atoms with Crippen LogP contribution >= 0.6 is 0 Å². The lowest BCUT2D eigenvalue weighted by molar-refractivity contribution is 0.606. The number of hydrogen-bond donors (Lipinski definition) is 0. The minimum atomic E-state index is -0.611. The molecule has 0 unspecified atom stereocenters. The van der Waals surface area contributed by atoms with Gasteiger partial charge < -0.3 is 4.55 Å². The number of hydrogen-bond acceptors (Lipinski definition) is 3. The van der Waals surface area contributed by atoms with Gasteiger partial charge in [0.05, 0.1) is 24.6 Å². The van der Waals surface area contributed by atoms with Crippen LogP contribution in [0, 0.1) is 22.7 Å². The fraction of sp³-hybridized carbons (Fsp3) is 0.667. The molecule has 0 N–H and O–H groups in total. The third-order valence-electron chi connectivity index (χ3n) is 0. The highest BCUT2D eigenvalue weighted by molar-refractivity contribution is 7.89. The second-order valence-electron chi connectivity index (χ2n) is 1.19. The molecule has 0 aromatic rings. The highest BCUT2D eigenvalue weighted by Crippen LogP contribution is 1.61. The Bertz CT molecular complexity index is 97.1. The van der Waals surface area contributed by atoms with Gasteiger partial charge in [0.15, 0.2) is 0 Å². The van der Waals surface area contributed by atoms with Gasteiger partial charge >= 0.3 is 0 Å². The zero-order valence-corrected chi connectivity index (χ0v) is 7.53. The molecule has 0 amide bonds. The number of nitriles is 2. The SMILES string of the molecule is CC#N.CC#N.C[S+](C)[O-]. The van der Waals surface area contributed by atoms with Gasteiger partial charge in [-0.1, -0.05) is 11.2 Å². The molecule has 0 bridgehead atoms. The predicted molar refractivity (Wildman–Crippen MR) is 42.6 cm³/mol. The van der Waals surface area contributed by atoms with E-state index in [-0.39, 0.29) is 0 Å². The molecule has 0 rings (SSSR count). The summed E-state index contributed by atoms with van der Waals surface area (Å²) in [4.78, 5) is 0. The second-order valence-corrected chi connectivity index (χ2v) is 2.67. The van der Waals surface area contributed by atoms with Gasteiger partial charge in [-0.2, -0.15) is 10.5 Å². The van der Waals surface area contributed by atoms with Crippen LogP contribution in [0.15, 0.2) is 0 Å². The molecule has 4 heteroatoms. The van der Waals surface area contributed by atoms with Crippen LogP contribution in [0.1, 0.15) is 13.8 Å². The first-order valence-corrected chi connectivity index (χ1v) is 4.40.